The number of carbonyl (C=O) groups is 1. The molecule has 0 aliphatic carbocycles. The quantitative estimate of drug-likeness (QED) is 0.302. The molecule has 0 N–H and O–H groups in total. The summed E-state index contributed by atoms with van der Waals surface area (Å²) in [5.41, 5.74) is 0.708. The van der Waals surface area contributed by atoms with E-state index in [1.807, 2.05) is 24.3 Å². The van der Waals surface area contributed by atoms with Gasteiger partial charge in [0.25, 0.3) is 0 Å². The lowest BCUT2D eigenvalue weighted by Crippen LogP contribution is -1.98. The van der Waals surface area contributed by atoms with Crippen LogP contribution in [0.4, 0.5) is 0 Å². The van der Waals surface area contributed by atoms with Gasteiger partial charge in [0, 0.05) is 5.56 Å². The molecule has 0 radical (unpaired) electrons. The summed E-state index contributed by atoms with van der Waals surface area (Å²) in [4.78, 5) is 11.3. The number of carbonyl (C=O) groups excluding carboxylic acids is 1. The summed E-state index contributed by atoms with van der Waals surface area (Å²) in [5.74, 6) is 0.859. The zero-order valence-electron chi connectivity index (χ0n) is 13.4. The van der Waals surface area contributed by atoms with Gasteiger partial charge in [0.2, 0.25) is 0 Å². The van der Waals surface area contributed by atoms with E-state index in [-0.39, 0.29) is 5.78 Å². The van der Waals surface area contributed by atoms with Gasteiger partial charge in [-0.3, -0.25) is 4.79 Å². The Kier molecular flexibility index (Phi) is 9.26. The Bertz CT molecular complexity index is 435. The summed E-state index contributed by atoms with van der Waals surface area (Å²) in [6.07, 6.45) is 13.1. The van der Waals surface area contributed by atoms with Crippen molar-refractivity contribution in [3.63, 3.8) is 0 Å². The number of hydrogen-bond acceptors (Lipinski definition) is 2. The molecule has 0 atom stereocenters. The summed E-state index contributed by atoms with van der Waals surface area (Å²) in [7, 11) is 0. The summed E-state index contributed by atoms with van der Waals surface area (Å²) in [5, 5.41) is 0. The minimum atomic E-state index is 0.0754. The Balaban J connectivity index is 2.10. The topological polar surface area (TPSA) is 26.3 Å². The molecule has 21 heavy (non-hydrogen) atoms. The van der Waals surface area contributed by atoms with Crippen LogP contribution in [-0.2, 0) is 0 Å². The van der Waals surface area contributed by atoms with Crippen LogP contribution in [-0.4, -0.2) is 12.4 Å². The molecule has 0 heterocycles. The summed E-state index contributed by atoms with van der Waals surface area (Å²) < 4.78 is 5.67. The Labute approximate surface area is 129 Å². The summed E-state index contributed by atoms with van der Waals surface area (Å²) in [6.45, 7) is 4.51. The number of benzene rings is 1. The van der Waals surface area contributed by atoms with Crippen LogP contribution in [0.3, 0.4) is 0 Å². The maximum atomic E-state index is 11.3. The van der Waals surface area contributed by atoms with Crippen molar-refractivity contribution in [1.82, 2.24) is 0 Å². The van der Waals surface area contributed by atoms with Crippen molar-refractivity contribution in [1.29, 1.82) is 0 Å². The summed E-state index contributed by atoms with van der Waals surface area (Å²) >= 11 is 0. The predicted octanol–water partition coefficient (Wildman–Crippen LogP) is 5.57. The van der Waals surface area contributed by atoms with E-state index < -0.39 is 0 Å². The number of allylic oxidation sites excluding steroid dienone is 2. The predicted molar refractivity (Wildman–Crippen MR) is 89.1 cm³/mol. The van der Waals surface area contributed by atoms with Gasteiger partial charge in [0.1, 0.15) is 5.75 Å². The maximum absolute atomic E-state index is 11.3. The van der Waals surface area contributed by atoms with Crippen molar-refractivity contribution < 1.29 is 9.53 Å². The molecule has 1 aromatic rings. The van der Waals surface area contributed by atoms with Crippen LogP contribution in [0.25, 0.3) is 0 Å². The Morgan fingerprint density at radius 1 is 1.10 bits per heavy atom. The fourth-order valence-corrected chi connectivity index (χ4v) is 2.12. The smallest absolute Gasteiger partial charge is 0.159 e. The van der Waals surface area contributed by atoms with Gasteiger partial charge in [-0.15, -0.1) is 0 Å². The highest BCUT2D eigenvalue weighted by atomic mass is 16.5. The van der Waals surface area contributed by atoms with E-state index in [1.165, 1.54) is 32.1 Å². The van der Waals surface area contributed by atoms with Crippen molar-refractivity contribution in [2.45, 2.75) is 58.8 Å². The third-order valence-electron chi connectivity index (χ3n) is 3.42. The molecule has 0 amide bonds. The SMILES string of the molecule is CCCCCC/C=C\CCCOc1cccc(C(C)=O)c1. The van der Waals surface area contributed by atoms with Crippen LogP contribution in [0.5, 0.6) is 5.75 Å². The van der Waals surface area contributed by atoms with Gasteiger partial charge < -0.3 is 4.74 Å². The van der Waals surface area contributed by atoms with Crippen LogP contribution in [0.15, 0.2) is 36.4 Å². The molecule has 0 bridgehead atoms. The van der Waals surface area contributed by atoms with Gasteiger partial charge in [-0.1, -0.05) is 50.5 Å². The second kappa shape index (κ2) is 11.1. The van der Waals surface area contributed by atoms with Crippen LogP contribution in [0, 0.1) is 0 Å². The van der Waals surface area contributed by atoms with Crippen molar-refractivity contribution >= 4 is 5.78 Å². The molecule has 0 saturated carbocycles. The molecular weight excluding hydrogens is 260 g/mol. The fourth-order valence-electron chi connectivity index (χ4n) is 2.12. The minimum Gasteiger partial charge on any atom is -0.494 e. The first-order valence-electron chi connectivity index (χ1n) is 8.13. The zero-order chi connectivity index (χ0) is 15.3. The molecule has 1 aromatic carbocycles. The lowest BCUT2D eigenvalue weighted by molar-refractivity contribution is 0.101. The highest BCUT2D eigenvalue weighted by Crippen LogP contribution is 2.14. The first-order valence-corrected chi connectivity index (χ1v) is 8.13. The molecule has 2 heteroatoms. The van der Waals surface area contributed by atoms with Gasteiger partial charge in [-0.2, -0.15) is 0 Å². The lowest BCUT2D eigenvalue weighted by atomic mass is 10.1. The molecule has 0 spiro atoms. The van der Waals surface area contributed by atoms with Crippen molar-refractivity contribution in [2.24, 2.45) is 0 Å². The van der Waals surface area contributed by atoms with Gasteiger partial charge in [0.05, 0.1) is 6.61 Å². The Hall–Kier alpha value is -1.57. The van der Waals surface area contributed by atoms with E-state index >= 15 is 0 Å². The standard InChI is InChI=1S/C19H28O2/c1-3-4-5-6-7-8-9-10-11-15-21-19-14-12-13-18(16-19)17(2)20/h8-9,12-14,16H,3-7,10-11,15H2,1-2H3/b9-8-. The molecule has 0 saturated heterocycles. The first kappa shape index (κ1) is 17.5. The number of rotatable bonds is 11. The van der Waals surface area contributed by atoms with E-state index in [0.717, 1.165) is 18.6 Å². The van der Waals surface area contributed by atoms with Crippen molar-refractivity contribution in [3.05, 3.63) is 42.0 Å². The molecule has 0 aliphatic heterocycles. The second-order valence-electron chi connectivity index (χ2n) is 5.40. The molecule has 2 nitrogen and oxygen atoms in total. The average Bonchev–Trinajstić information content (AvgIpc) is 2.49. The van der Waals surface area contributed by atoms with Gasteiger partial charge >= 0.3 is 0 Å². The van der Waals surface area contributed by atoms with Gasteiger partial charge in [-0.25, -0.2) is 0 Å². The molecule has 0 aromatic heterocycles. The molecule has 1 rings (SSSR count). The second-order valence-corrected chi connectivity index (χ2v) is 5.40. The van der Waals surface area contributed by atoms with Crippen LogP contribution in [0.1, 0.15) is 69.2 Å². The number of unbranched alkanes of at least 4 members (excludes halogenated alkanes) is 5. The third-order valence-corrected chi connectivity index (χ3v) is 3.42. The number of ketones is 1. The molecule has 0 unspecified atom stereocenters. The van der Waals surface area contributed by atoms with Crippen molar-refractivity contribution in [2.75, 3.05) is 6.61 Å². The van der Waals surface area contributed by atoms with Crippen LogP contribution in [0.2, 0.25) is 0 Å². The maximum Gasteiger partial charge on any atom is 0.159 e. The molecule has 0 fully saturated rings. The molecular formula is C19H28O2. The molecule has 0 aliphatic rings. The van der Waals surface area contributed by atoms with Gasteiger partial charge in [-0.05, 0) is 44.7 Å². The fraction of sp³-hybridized carbons (Fsp3) is 0.526. The highest BCUT2D eigenvalue weighted by Gasteiger charge is 2.00. The normalized spacial score (nSPS) is 11.0. The monoisotopic (exact) mass is 288 g/mol. The van der Waals surface area contributed by atoms with Gasteiger partial charge in [0.15, 0.2) is 5.78 Å². The van der Waals surface area contributed by atoms with Crippen molar-refractivity contribution in [3.8, 4) is 5.75 Å². The minimum absolute atomic E-state index is 0.0754. The lowest BCUT2D eigenvalue weighted by Gasteiger charge is -2.06. The molecule has 116 valence electrons. The van der Waals surface area contributed by atoms with Crippen LogP contribution >= 0.6 is 0 Å². The van der Waals surface area contributed by atoms with E-state index in [9.17, 15) is 4.79 Å². The number of Topliss-reactive ketones (excluding diaryl/α,β-unsaturated/α-hetero) is 1. The highest BCUT2D eigenvalue weighted by molar-refractivity contribution is 5.94. The first-order chi connectivity index (χ1) is 10.2. The zero-order valence-corrected chi connectivity index (χ0v) is 13.4. The third kappa shape index (κ3) is 8.34. The van der Waals surface area contributed by atoms with E-state index in [1.54, 1.807) is 6.92 Å². The number of hydrogen-bond donors (Lipinski definition) is 0. The largest absolute Gasteiger partial charge is 0.494 e. The van der Waals surface area contributed by atoms with E-state index in [0.29, 0.717) is 12.2 Å². The number of ether oxygens (including phenoxy) is 1. The van der Waals surface area contributed by atoms with Crippen LogP contribution < -0.4 is 4.74 Å². The Morgan fingerprint density at radius 3 is 2.57 bits per heavy atom. The van der Waals surface area contributed by atoms with E-state index in [2.05, 4.69) is 19.1 Å². The summed E-state index contributed by atoms with van der Waals surface area (Å²) in [6, 6.07) is 7.39. The average molecular weight is 288 g/mol. The Morgan fingerprint density at radius 2 is 1.86 bits per heavy atom. The van der Waals surface area contributed by atoms with E-state index in [4.69, 9.17) is 4.74 Å².